The molecule has 6 heteroatoms. The largest absolute Gasteiger partial charge is 0.457 e. The Morgan fingerprint density at radius 2 is 0.737 bits per heavy atom. The number of fused-ring (bicyclic) bond motifs is 19. The molecule has 0 saturated carbocycles. The monoisotopic (exact) mass is 1240 g/mol. The van der Waals surface area contributed by atoms with Gasteiger partial charge in [-0.15, -0.1) is 0 Å². The molecule has 0 unspecified atom stereocenters. The summed E-state index contributed by atoms with van der Waals surface area (Å²) in [5.74, 6) is 0.686. The van der Waals surface area contributed by atoms with Crippen LogP contribution in [-0.2, 0) is 10.8 Å². The molecule has 0 amide bonds. The average Bonchev–Trinajstić information content (AvgIpc) is 1.57. The number of aromatic nitrogens is 3. The zero-order valence-electron chi connectivity index (χ0n) is 74.9. The van der Waals surface area contributed by atoms with Crippen LogP contribution in [0.25, 0.3) is 105 Å². The van der Waals surface area contributed by atoms with Crippen molar-refractivity contribution in [2.45, 2.75) is 31.6 Å². The molecule has 0 bridgehead atoms. The van der Waals surface area contributed by atoms with Crippen LogP contribution in [0.5, 0.6) is 11.5 Å². The summed E-state index contributed by atoms with van der Waals surface area (Å²) in [4.78, 5) is 2.08. The standard InChI is InChI=1S/C89H61BN4O/c1-88(2,3)58-50-68(56-26-6-4-7-27-56)87(69(51-58)57-28-8-5-9-29-57)94-82-54-60(92-78-40-20-12-32-64(78)65-33-13-21-41-79(65)92)47-49-75(82)90-74-48-46-59(91-76-38-18-10-30-62(76)63-31-11-19-39-77(63)91)52-72(74)89(70-36-16-24-44-84(70)95-85-45-25-17-37-71(85)89)73-53-61(55-83(94)86(73)90)93-80-42-22-14-34-66(80)67-35-15-23-43-81(67)93/h4-55H,1-3H3/i10D,11D,12D,13D,14D,15D,18D,19D,20D,21D,22D,23D,30D,31D,32D,33D,34D,35D,38D,39D,40D,41D,42D,43D. The zero-order chi connectivity index (χ0) is 83.7. The normalized spacial score (nSPS) is 17.1. The summed E-state index contributed by atoms with van der Waals surface area (Å²) in [7, 11) is 0. The van der Waals surface area contributed by atoms with Crippen LogP contribution < -0.4 is 26.0 Å². The van der Waals surface area contributed by atoms with Gasteiger partial charge in [-0.2, -0.15) is 0 Å². The van der Waals surface area contributed by atoms with E-state index in [0.29, 0.717) is 78.3 Å². The SMILES string of the molecule is [2H]c1c([2H])c([2H])c2c(c1[2H])c1c([2H])c([2H])c([2H])c([2H])c1n2-c1ccc2c(c1)N(c1c(-c3ccccc3)cc(C(C)(C)C)cc1-c1ccccc1)c1cc(-n3c4c([2H])c([2H])c([2H])c([2H])c4c4c([2H])c([2H])c([2H])c([2H])c43)cc3c1B2c1ccc(-n2c4c([2H])c([2H])c([2H])c([2H])c4c4c([2H])c([2H])c([2H])c([2H])c42)cc1C31c2ccccc2Oc2ccccc21. The molecule has 0 atom stereocenters. The first kappa shape index (κ1) is 35.3. The predicted octanol–water partition coefficient (Wildman–Crippen LogP) is 20.7. The smallest absolute Gasteiger partial charge is 0.247 e. The van der Waals surface area contributed by atoms with E-state index in [1.54, 1.807) is 18.2 Å². The van der Waals surface area contributed by atoms with Gasteiger partial charge in [0.1, 0.15) is 11.5 Å². The van der Waals surface area contributed by atoms with Gasteiger partial charge in [0, 0.05) is 83.0 Å². The van der Waals surface area contributed by atoms with Gasteiger partial charge >= 0.3 is 0 Å². The minimum Gasteiger partial charge on any atom is -0.457 e. The van der Waals surface area contributed by atoms with Gasteiger partial charge in [0.05, 0.1) is 77.1 Å². The van der Waals surface area contributed by atoms with Crippen molar-refractivity contribution in [3.8, 4) is 50.8 Å². The summed E-state index contributed by atoms with van der Waals surface area (Å²) in [5, 5.41) is -1.17. The van der Waals surface area contributed by atoms with Crippen LogP contribution in [0.1, 0.15) is 81.5 Å². The quantitative estimate of drug-likeness (QED) is 0.155. The summed E-state index contributed by atoms with van der Waals surface area (Å²) in [6, 6.07) is 38.1. The molecule has 0 fully saturated rings. The van der Waals surface area contributed by atoms with E-state index in [2.05, 4.69) is 37.8 Å². The molecular weight excluding hydrogens is 1150 g/mol. The molecule has 1 spiro atoms. The summed E-state index contributed by atoms with van der Waals surface area (Å²) in [5.41, 5.74) is 5.33. The highest BCUT2D eigenvalue weighted by Crippen LogP contribution is 2.59. The predicted molar refractivity (Wildman–Crippen MR) is 397 cm³/mol. The van der Waals surface area contributed by atoms with E-state index < -0.39 is 163 Å². The number of anilines is 3. The number of ether oxygens (including phenoxy) is 1. The van der Waals surface area contributed by atoms with Crippen molar-refractivity contribution in [1.82, 2.24) is 13.7 Å². The van der Waals surface area contributed by atoms with Crippen molar-refractivity contribution in [3.05, 3.63) is 343 Å². The second-order valence-corrected chi connectivity index (χ2v) is 25.3. The van der Waals surface area contributed by atoms with Crippen molar-refractivity contribution in [2.75, 3.05) is 4.90 Å². The summed E-state index contributed by atoms with van der Waals surface area (Å²) >= 11 is 0. The fraction of sp³-hybridized carbons (Fsp3) is 0.0562. The van der Waals surface area contributed by atoms with E-state index in [0.717, 1.165) is 16.7 Å². The highest BCUT2D eigenvalue weighted by molar-refractivity contribution is 6.99. The lowest BCUT2D eigenvalue weighted by molar-refractivity contribution is 0.435. The van der Waals surface area contributed by atoms with Gasteiger partial charge in [0.2, 0.25) is 6.71 Å². The minimum atomic E-state index is -1.78. The molecule has 6 heterocycles. The molecule has 95 heavy (non-hydrogen) atoms. The van der Waals surface area contributed by atoms with E-state index in [-0.39, 0.29) is 82.5 Å². The maximum absolute atomic E-state index is 10.2. The first-order valence-electron chi connectivity index (χ1n) is 43.2. The molecule has 5 nitrogen and oxygen atoms in total. The number of benzene rings is 14. The van der Waals surface area contributed by atoms with Gasteiger partial charge in [0.15, 0.2) is 0 Å². The second-order valence-electron chi connectivity index (χ2n) is 25.3. The Morgan fingerprint density at radius 1 is 0.358 bits per heavy atom. The zero-order valence-corrected chi connectivity index (χ0v) is 50.9. The molecule has 20 rings (SSSR count). The van der Waals surface area contributed by atoms with Gasteiger partial charge in [-0.3, -0.25) is 0 Å². The Bertz CT molecular complexity index is 7250. The third-order valence-electron chi connectivity index (χ3n) is 19.4. The molecule has 3 aromatic heterocycles. The fourth-order valence-electron chi connectivity index (χ4n) is 15.5. The lowest BCUT2D eigenvalue weighted by Gasteiger charge is -2.50. The van der Waals surface area contributed by atoms with E-state index in [1.807, 2.05) is 140 Å². The third-order valence-corrected chi connectivity index (χ3v) is 19.4. The van der Waals surface area contributed by atoms with Crippen LogP contribution in [0.3, 0.4) is 0 Å². The molecule has 0 saturated heterocycles. The topological polar surface area (TPSA) is 27.3 Å². The number of hydrogen-bond donors (Lipinski definition) is 0. The fourth-order valence-corrected chi connectivity index (χ4v) is 15.5. The summed E-state index contributed by atoms with van der Waals surface area (Å²) in [6.07, 6.45) is 0. The molecule has 446 valence electrons. The van der Waals surface area contributed by atoms with Crippen LogP contribution in [-0.4, -0.2) is 20.4 Å². The molecule has 3 aliphatic heterocycles. The van der Waals surface area contributed by atoms with Crippen molar-refractivity contribution >= 4 is 106 Å². The van der Waals surface area contributed by atoms with Gasteiger partial charge in [-0.25, -0.2) is 0 Å². The maximum Gasteiger partial charge on any atom is 0.247 e. The molecule has 0 radical (unpaired) electrons. The van der Waals surface area contributed by atoms with Crippen molar-refractivity contribution in [3.63, 3.8) is 0 Å². The van der Waals surface area contributed by atoms with E-state index >= 15 is 0 Å². The van der Waals surface area contributed by atoms with Crippen molar-refractivity contribution < 1.29 is 37.6 Å². The molecule has 0 aliphatic carbocycles. The van der Waals surface area contributed by atoms with Crippen LogP contribution in [0.2, 0.25) is 0 Å². The number of nitrogens with zero attached hydrogens (tertiary/aromatic N) is 4. The van der Waals surface area contributed by atoms with Crippen LogP contribution in [0.4, 0.5) is 17.1 Å². The summed E-state index contributed by atoms with van der Waals surface area (Å²) in [6.45, 7) is 5.27. The summed E-state index contributed by atoms with van der Waals surface area (Å²) < 4.78 is 240. The minimum absolute atomic E-state index is 0.0789. The highest BCUT2D eigenvalue weighted by Gasteiger charge is 2.55. The van der Waals surface area contributed by atoms with Gasteiger partial charge in [0.25, 0.3) is 0 Å². The third kappa shape index (κ3) is 7.56. The van der Waals surface area contributed by atoms with Gasteiger partial charge in [-0.1, -0.05) is 244 Å². The van der Waals surface area contributed by atoms with Crippen LogP contribution in [0, 0.1) is 0 Å². The van der Waals surface area contributed by atoms with Gasteiger partial charge in [-0.05, 0) is 141 Å². The van der Waals surface area contributed by atoms with Gasteiger partial charge < -0.3 is 23.3 Å². The first-order valence-corrected chi connectivity index (χ1v) is 31.2. The number of rotatable bonds is 6. The molecule has 0 N–H and O–H groups in total. The molecule has 3 aliphatic rings. The average molecular weight is 1240 g/mol. The van der Waals surface area contributed by atoms with E-state index in [9.17, 15) is 27.4 Å². The van der Waals surface area contributed by atoms with E-state index in [1.165, 1.54) is 13.7 Å². The molecule has 17 aromatic rings. The Labute approximate surface area is 585 Å². The van der Waals surface area contributed by atoms with Crippen molar-refractivity contribution in [2.24, 2.45) is 0 Å². The molecule has 14 aromatic carbocycles. The molecular formula is C89H61BN4O. The Kier molecular flexibility index (Phi) is 7.45. The Morgan fingerprint density at radius 3 is 1.19 bits per heavy atom. The van der Waals surface area contributed by atoms with Crippen LogP contribution >= 0.6 is 0 Å². The number of para-hydroxylation sites is 8. The lowest BCUT2D eigenvalue weighted by Crippen LogP contribution is -2.65. The second kappa shape index (κ2) is 20.1. The Balaban J connectivity index is 1.06. The van der Waals surface area contributed by atoms with Crippen molar-refractivity contribution in [1.29, 1.82) is 0 Å². The Hall–Kier alpha value is -11.9. The first-order chi connectivity index (χ1) is 56.7. The van der Waals surface area contributed by atoms with Crippen LogP contribution in [0.15, 0.2) is 315 Å². The lowest BCUT2D eigenvalue weighted by atomic mass is 9.29. The van der Waals surface area contributed by atoms with E-state index in [4.69, 9.17) is 10.2 Å². The number of hydrogen-bond acceptors (Lipinski definition) is 2. The maximum atomic E-state index is 10.2. The highest BCUT2D eigenvalue weighted by atomic mass is 16.5.